The minimum absolute atomic E-state index is 0.196. The molecule has 3 rings (SSSR count). The number of aromatic amines is 1. The van der Waals surface area contributed by atoms with Gasteiger partial charge in [0.25, 0.3) is 0 Å². The minimum atomic E-state index is 0.196. The fourth-order valence-corrected chi connectivity index (χ4v) is 3.75. The Morgan fingerprint density at radius 3 is 3.11 bits per heavy atom. The molecular weight excluding hydrogens is 246 g/mol. The zero-order valence-electron chi connectivity index (χ0n) is 10.7. The van der Waals surface area contributed by atoms with Gasteiger partial charge in [0.2, 0.25) is 0 Å². The smallest absolute Gasteiger partial charge is 0.195 e. The SMILES string of the molecule is CC1CCC(c2cc(=O)c3c([nH]2)CCCS3)CO1. The fourth-order valence-electron chi connectivity index (χ4n) is 2.73. The van der Waals surface area contributed by atoms with Crippen LogP contribution in [-0.4, -0.2) is 23.4 Å². The van der Waals surface area contributed by atoms with Gasteiger partial charge >= 0.3 is 0 Å². The first kappa shape index (κ1) is 12.3. The summed E-state index contributed by atoms with van der Waals surface area (Å²) in [5.74, 6) is 1.44. The molecular formula is C14H19NO2S. The molecule has 18 heavy (non-hydrogen) atoms. The van der Waals surface area contributed by atoms with Gasteiger partial charge < -0.3 is 9.72 Å². The highest BCUT2D eigenvalue weighted by molar-refractivity contribution is 7.99. The van der Waals surface area contributed by atoms with Crippen molar-refractivity contribution in [3.8, 4) is 0 Å². The number of rotatable bonds is 1. The molecule has 2 atom stereocenters. The lowest BCUT2D eigenvalue weighted by Crippen LogP contribution is -2.25. The molecule has 3 heterocycles. The van der Waals surface area contributed by atoms with Gasteiger partial charge in [-0.3, -0.25) is 4.79 Å². The monoisotopic (exact) mass is 265 g/mol. The molecule has 0 aliphatic carbocycles. The van der Waals surface area contributed by atoms with Crippen molar-refractivity contribution >= 4 is 11.8 Å². The van der Waals surface area contributed by atoms with Crippen LogP contribution < -0.4 is 5.43 Å². The summed E-state index contributed by atoms with van der Waals surface area (Å²) in [7, 11) is 0. The Kier molecular flexibility index (Phi) is 3.48. The molecule has 4 heteroatoms. The van der Waals surface area contributed by atoms with Gasteiger partial charge in [0, 0.05) is 23.4 Å². The van der Waals surface area contributed by atoms with E-state index in [0.717, 1.165) is 54.3 Å². The molecule has 1 saturated heterocycles. The highest BCUT2D eigenvalue weighted by Gasteiger charge is 2.23. The number of pyridine rings is 1. The van der Waals surface area contributed by atoms with Crippen LogP contribution in [0.2, 0.25) is 0 Å². The van der Waals surface area contributed by atoms with Gasteiger partial charge in [-0.05, 0) is 38.4 Å². The standard InChI is InChI=1S/C14H19NO2S/c1-9-4-5-10(8-17-9)12-7-13(16)14-11(15-12)3-2-6-18-14/h7,9-10H,2-6,8H2,1H3,(H,15,16). The maximum Gasteiger partial charge on any atom is 0.195 e. The maximum atomic E-state index is 12.1. The Labute approximate surface area is 111 Å². The molecule has 2 unspecified atom stereocenters. The number of hydrogen-bond donors (Lipinski definition) is 1. The first-order chi connectivity index (χ1) is 8.74. The van der Waals surface area contributed by atoms with Gasteiger partial charge in [-0.2, -0.15) is 0 Å². The normalized spacial score (nSPS) is 27.8. The summed E-state index contributed by atoms with van der Waals surface area (Å²) in [6.07, 6.45) is 4.73. The van der Waals surface area contributed by atoms with E-state index in [4.69, 9.17) is 4.74 Å². The fraction of sp³-hybridized carbons (Fsp3) is 0.643. The minimum Gasteiger partial charge on any atom is -0.378 e. The predicted molar refractivity (Wildman–Crippen MR) is 73.5 cm³/mol. The van der Waals surface area contributed by atoms with Crippen LogP contribution in [0.3, 0.4) is 0 Å². The first-order valence-corrected chi connectivity index (χ1v) is 7.73. The second kappa shape index (κ2) is 5.10. The average molecular weight is 265 g/mol. The first-order valence-electron chi connectivity index (χ1n) is 6.74. The van der Waals surface area contributed by atoms with Crippen LogP contribution in [0.5, 0.6) is 0 Å². The maximum absolute atomic E-state index is 12.1. The Morgan fingerprint density at radius 1 is 1.44 bits per heavy atom. The highest BCUT2D eigenvalue weighted by atomic mass is 32.2. The molecule has 98 valence electrons. The number of hydrogen-bond acceptors (Lipinski definition) is 3. The number of aromatic nitrogens is 1. The van der Waals surface area contributed by atoms with Gasteiger partial charge in [-0.15, -0.1) is 11.8 Å². The van der Waals surface area contributed by atoms with Crippen molar-refractivity contribution < 1.29 is 4.74 Å². The van der Waals surface area contributed by atoms with Crippen LogP contribution in [0.25, 0.3) is 0 Å². The quantitative estimate of drug-likeness (QED) is 0.849. The lowest BCUT2D eigenvalue weighted by atomic mass is 9.95. The van der Waals surface area contributed by atoms with E-state index in [1.165, 1.54) is 0 Å². The number of thioether (sulfide) groups is 1. The number of nitrogens with one attached hydrogen (secondary N) is 1. The molecule has 1 aromatic rings. The Hall–Kier alpha value is -0.740. The van der Waals surface area contributed by atoms with E-state index in [2.05, 4.69) is 11.9 Å². The molecule has 1 fully saturated rings. The second-order valence-electron chi connectivity index (χ2n) is 5.27. The summed E-state index contributed by atoms with van der Waals surface area (Å²) in [5.41, 5.74) is 2.42. The molecule has 1 aromatic heterocycles. The molecule has 2 aliphatic heterocycles. The van der Waals surface area contributed by atoms with Crippen molar-refractivity contribution in [2.24, 2.45) is 0 Å². The van der Waals surface area contributed by atoms with Gasteiger partial charge in [-0.25, -0.2) is 0 Å². The Bertz CT molecular complexity index is 489. The van der Waals surface area contributed by atoms with Gasteiger partial charge in [0.1, 0.15) is 0 Å². The molecule has 1 N–H and O–H groups in total. The van der Waals surface area contributed by atoms with Crippen molar-refractivity contribution in [1.29, 1.82) is 0 Å². The van der Waals surface area contributed by atoms with Crippen molar-refractivity contribution in [1.82, 2.24) is 4.98 Å². The zero-order chi connectivity index (χ0) is 12.5. The molecule has 0 saturated carbocycles. The highest BCUT2D eigenvalue weighted by Crippen LogP contribution is 2.30. The predicted octanol–water partition coefficient (Wildman–Crippen LogP) is 2.70. The van der Waals surface area contributed by atoms with Gasteiger partial charge in [-0.1, -0.05) is 0 Å². The van der Waals surface area contributed by atoms with Crippen LogP contribution in [0.1, 0.15) is 43.5 Å². The summed E-state index contributed by atoms with van der Waals surface area (Å²) in [6.45, 7) is 2.85. The van der Waals surface area contributed by atoms with E-state index in [-0.39, 0.29) is 5.43 Å². The van der Waals surface area contributed by atoms with Crippen LogP contribution in [0, 0.1) is 0 Å². The van der Waals surface area contributed by atoms with E-state index < -0.39 is 0 Å². The molecule has 0 radical (unpaired) electrons. The molecule has 3 nitrogen and oxygen atoms in total. The number of aryl methyl sites for hydroxylation is 1. The van der Waals surface area contributed by atoms with Crippen molar-refractivity contribution in [2.45, 2.75) is 49.5 Å². The van der Waals surface area contributed by atoms with Crippen LogP contribution in [0.4, 0.5) is 0 Å². The molecule has 0 bridgehead atoms. The van der Waals surface area contributed by atoms with E-state index in [1.807, 2.05) is 0 Å². The third kappa shape index (κ3) is 2.36. The van der Waals surface area contributed by atoms with Gasteiger partial charge in [0.05, 0.1) is 17.6 Å². The lowest BCUT2D eigenvalue weighted by Gasteiger charge is -2.27. The summed E-state index contributed by atoms with van der Waals surface area (Å²) >= 11 is 1.70. The summed E-state index contributed by atoms with van der Waals surface area (Å²) in [4.78, 5) is 16.5. The molecule has 0 amide bonds. The lowest BCUT2D eigenvalue weighted by molar-refractivity contribution is 0.0146. The van der Waals surface area contributed by atoms with E-state index in [9.17, 15) is 4.79 Å². The summed E-state index contributed by atoms with van der Waals surface area (Å²) < 4.78 is 5.70. The van der Waals surface area contributed by atoms with Crippen LogP contribution in [0.15, 0.2) is 15.8 Å². The largest absolute Gasteiger partial charge is 0.378 e. The molecule has 2 aliphatic rings. The Balaban J connectivity index is 1.89. The van der Waals surface area contributed by atoms with Crippen LogP contribution >= 0.6 is 11.8 Å². The molecule has 0 spiro atoms. The summed E-state index contributed by atoms with van der Waals surface area (Å²) in [6, 6.07) is 1.79. The van der Waals surface area contributed by atoms with Crippen molar-refractivity contribution in [3.63, 3.8) is 0 Å². The van der Waals surface area contributed by atoms with Crippen LogP contribution in [-0.2, 0) is 11.2 Å². The third-order valence-electron chi connectivity index (χ3n) is 3.84. The number of fused-ring (bicyclic) bond motifs is 1. The third-order valence-corrected chi connectivity index (χ3v) is 5.07. The van der Waals surface area contributed by atoms with Gasteiger partial charge in [0.15, 0.2) is 5.43 Å². The molecule has 0 aromatic carbocycles. The van der Waals surface area contributed by atoms with E-state index in [1.54, 1.807) is 17.8 Å². The topological polar surface area (TPSA) is 42.1 Å². The number of ether oxygens (including phenoxy) is 1. The summed E-state index contributed by atoms with van der Waals surface area (Å²) in [5, 5.41) is 0. The number of H-pyrrole nitrogens is 1. The second-order valence-corrected chi connectivity index (χ2v) is 6.37. The zero-order valence-corrected chi connectivity index (χ0v) is 11.5. The van der Waals surface area contributed by atoms with Crippen molar-refractivity contribution in [3.05, 3.63) is 27.7 Å². The van der Waals surface area contributed by atoms with E-state index in [0.29, 0.717) is 12.0 Å². The van der Waals surface area contributed by atoms with E-state index >= 15 is 0 Å². The van der Waals surface area contributed by atoms with Crippen molar-refractivity contribution in [2.75, 3.05) is 12.4 Å². The Morgan fingerprint density at radius 2 is 2.33 bits per heavy atom. The average Bonchev–Trinajstić information content (AvgIpc) is 2.39.